The molecule has 0 saturated heterocycles. The lowest BCUT2D eigenvalue weighted by Gasteiger charge is -2.32. The van der Waals surface area contributed by atoms with E-state index in [-0.39, 0.29) is 5.41 Å². The zero-order chi connectivity index (χ0) is 13.9. The summed E-state index contributed by atoms with van der Waals surface area (Å²) in [5.74, 6) is 0. The lowest BCUT2D eigenvalue weighted by Crippen LogP contribution is -2.37. The second-order valence-electron chi connectivity index (χ2n) is 6.64. The second kappa shape index (κ2) is 5.96. The zero-order valence-corrected chi connectivity index (χ0v) is 12.7. The van der Waals surface area contributed by atoms with Crippen LogP contribution in [-0.2, 0) is 10.2 Å². The summed E-state index contributed by atoms with van der Waals surface area (Å²) in [5.41, 5.74) is 2.81. The Morgan fingerprint density at radius 3 is 2.26 bits per heavy atom. The van der Waals surface area contributed by atoms with Crippen LogP contribution in [0, 0.1) is 0 Å². The van der Waals surface area contributed by atoms with Crippen LogP contribution >= 0.6 is 0 Å². The predicted octanol–water partition coefficient (Wildman–Crippen LogP) is 4.35. The lowest BCUT2D eigenvalue weighted by atomic mass is 9.87. The average molecular weight is 261 g/mol. The Morgan fingerprint density at radius 2 is 1.68 bits per heavy atom. The monoisotopic (exact) mass is 261 g/mol. The SMILES string of the molecule is COC1CCCCC1Nc1ccc(C(C)(C)C)cc1. The van der Waals surface area contributed by atoms with Gasteiger partial charge in [-0.2, -0.15) is 0 Å². The van der Waals surface area contributed by atoms with Crippen molar-refractivity contribution in [3.05, 3.63) is 29.8 Å². The summed E-state index contributed by atoms with van der Waals surface area (Å²) in [5, 5.41) is 3.64. The Morgan fingerprint density at radius 1 is 1.05 bits per heavy atom. The molecular formula is C17H27NO. The van der Waals surface area contributed by atoms with E-state index in [1.807, 2.05) is 7.11 Å². The molecular weight excluding hydrogens is 234 g/mol. The van der Waals surface area contributed by atoms with Gasteiger partial charge in [-0.15, -0.1) is 0 Å². The van der Waals surface area contributed by atoms with Gasteiger partial charge in [0.15, 0.2) is 0 Å². The number of hydrogen-bond acceptors (Lipinski definition) is 2. The summed E-state index contributed by atoms with van der Waals surface area (Å²) in [7, 11) is 1.83. The van der Waals surface area contributed by atoms with E-state index in [4.69, 9.17) is 4.74 Å². The highest BCUT2D eigenvalue weighted by Gasteiger charge is 2.24. The molecule has 2 heteroatoms. The molecule has 2 atom stereocenters. The van der Waals surface area contributed by atoms with Crippen molar-refractivity contribution in [2.45, 2.75) is 64.0 Å². The van der Waals surface area contributed by atoms with Crippen molar-refractivity contribution < 1.29 is 4.74 Å². The van der Waals surface area contributed by atoms with E-state index in [1.54, 1.807) is 0 Å². The zero-order valence-electron chi connectivity index (χ0n) is 12.7. The number of nitrogens with one attached hydrogen (secondary N) is 1. The lowest BCUT2D eigenvalue weighted by molar-refractivity contribution is 0.0606. The fourth-order valence-corrected chi connectivity index (χ4v) is 2.82. The van der Waals surface area contributed by atoms with Gasteiger partial charge in [-0.05, 0) is 36.0 Å². The minimum Gasteiger partial charge on any atom is -0.380 e. The molecule has 1 aliphatic rings. The molecule has 0 amide bonds. The summed E-state index contributed by atoms with van der Waals surface area (Å²) in [6.45, 7) is 6.74. The first-order chi connectivity index (χ1) is 9.00. The topological polar surface area (TPSA) is 21.3 Å². The summed E-state index contributed by atoms with van der Waals surface area (Å²) < 4.78 is 5.59. The smallest absolute Gasteiger partial charge is 0.0772 e. The quantitative estimate of drug-likeness (QED) is 0.873. The fourth-order valence-electron chi connectivity index (χ4n) is 2.82. The predicted molar refractivity (Wildman–Crippen MR) is 81.8 cm³/mol. The van der Waals surface area contributed by atoms with Crippen molar-refractivity contribution in [1.29, 1.82) is 0 Å². The molecule has 1 aromatic carbocycles. The van der Waals surface area contributed by atoms with E-state index in [0.29, 0.717) is 12.1 Å². The standard InChI is InChI=1S/C17H27NO/c1-17(2,3)13-9-11-14(12-10-13)18-15-7-5-6-8-16(15)19-4/h9-12,15-16,18H,5-8H2,1-4H3. The van der Waals surface area contributed by atoms with Gasteiger partial charge < -0.3 is 10.1 Å². The molecule has 0 radical (unpaired) electrons. The van der Waals surface area contributed by atoms with Crippen LogP contribution in [0.5, 0.6) is 0 Å². The normalized spacial score (nSPS) is 24.2. The van der Waals surface area contributed by atoms with Gasteiger partial charge in [-0.1, -0.05) is 45.7 Å². The van der Waals surface area contributed by atoms with Crippen LogP contribution in [-0.4, -0.2) is 19.3 Å². The van der Waals surface area contributed by atoms with Crippen LogP contribution in [0.4, 0.5) is 5.69 Å². The largest absolute Gasteiger partial charge is 0.380 e. The van der Waals surface area contributed by atoms with Crippen molar-refractivity contribution in [3.8, 4) is 0 Å². The van der Waals surface area contributed by atoms with Crippen molar-refractivity contribution in [3.63, 3.8) is 0 Å². The third-order valence-corrected chi connectivity index (χ3v) is 4.11. The van der Waals surface area contributed by atoms with Gasteiger partial charge in [-0.3, -0.25) is 0 Å². The van der Waals surface area contributed by atoms with Crippen molar-refractivity contribution >= 4 is 5.69 Å². The van der Waals surface area contributed by atoms with Gasteiger partial charge in [0.2, 0.25) is 0 Å². The van der Waals surface area contributed by atoms with Gasteiger partial charge in [0, 0.05) is 12.8 Å². The molecule has 1 fully saturated rings. The first-order valence-corrected chi connectivity index (χ1v) is 7.40. The Kier molecular flexibility index (Phi) is 4.51. The number of methoxy groups -OCH3 is 1. The van der Waals surface area contributed by atoms with E-state index in [9.17, 15) is 0 Å². The van der Waals surface area contributed by atoms with Crippen molar-refractivity contribution in [1.82, 2.24) is 0 Å². The summed E-state index contributed by atoms with van der Waals surface area (Å²) in [6, 6.07) is 9.31. The van der Waals surface area contributed by atoms with E-state index in [0.717, 1.165) is 0 Å². The first-order valence-electron chi connectivity index (χ1n) is 7.40. The third-order valence-electron chi connectivity index (χ3n) is 4.11. The summed E-state index contributed by atoms with van der Waals surface area (Å²) in [6.07, 6.45) is 5.33. The molecule has 0 aromatic heterocycles. The molecule has 0 aliphatic heterocycles. The maximum atomic E-state index is 5.59. The molecule has 0 bridgehead atoms. The number of ether oxygens (including phenoxy) is 1. The van der Waals surface area contributed by atoms with E-state index < -0.39 is 0 Å². The molecule has 1 aromatic rings. The van der Waals surface area contributed by atoms with Crippen LogP contribution in [0.25, 0.3) is 0 Å². The van der Waals surface area contributed by atoms with Gasteiger partial charge >= 0.3 is 0 Å². The van der Waals surface area contributed by atoms with Crippen LogP contribution in [0.15, 0.2) is 24.3 Å². The summed E-state index contributed by atoms with van der Waals surface area (Å²) >= 11 is 0. The molecule has 1 N–H and O–H groups in total. The highest BCUT2D eigenvalue weighted by atomic mass is 16.5. The highest BCUT2D eigenvalue weighted by molar-refractivity contribution is 5.46. The van der Waals surface area contributed by atoms with Crippen LogP contribution in [0.1, 0.15) is 52.0 Å². The Balaban J connectivity index is 2.02. The van der Waals surface area contributed by atoms with E-state index in [1.165, 1.54) is 36.9 Å². The van der Waals surface area contributed by atoms with Gasteiger partial charge in [0.05, 0.1) is 12.1 Å². The fraction of sp³-hybridized carbons (Fsp3) is 0.647. The number of benzene rings is 1. The average Bonchev–Trinajstić information content (AvgIpc) is 2.39. The maximum absolute atomic E-state index is 5.59. The van der Waals surface area contributed by atoms with E-state index in [2.05, 4.69) is 50.4 Å². The highest BCUT2D eigenvalue weighted by Crippen LogP contribution is 2.26. The molecule has 2 nitrogen and oxygen atoms in total. The Labute approximate surface area is 117 Å². The van der Waals surface area contributed by atoms with Crippen LogP contribution < -0.4 is 5.32 Å². The molecule has 106 valence electrons. The first kappa shape index (κ1) is 14.4. The third kappa shape index (κ3) is 3.73. The van der Waals surface area contributed by atoms with Crippen molar-refractivity contribution in [2.75, 3.05) is 12.4 Å². The van der Waals surface area contributed by atoms with Crippen LogP contribution in [0.2, 0.25) is 0 Å². The minimum atomic E-state index is 0.221. The summed E-state index contributed by atoms with van der Waals surface area (Å²) in [4.78, 5) is 0. The molecule has 2 rings (SSSR count). The van der Waals surface area contributed by atoms with Crippen LogP contribution in [0.3, 0.4) is 0 Å². The van der Waals surface area contributed by atoms with Crippen molar-refractivity contribution in [2.24, 2.45) is 0 Å². The molecule has 1 aliphatic carbocycles. The molecule has 0 spiro atoms. The van der Waals surface area contributed by atoms with Gasteiger partial charge in [-0.25, -0.2) is 0 Å². The molecule has 0 heterocycles. The number of rotatable bonds is 3. The van der Waals surface area contributed by atoms with Gasteiger partial charge in [0.1, 0.15) is 0 Å². The Hall–Kier alpha value is -1.02. The number of hydrogen-bond donors (Lipinski definition) is 1. The van der Waals surface area contributed by atoms with E-state index >= 15 is 0 Å². The second-order valence-corrected chi connectivity index (χ2v) is 6.64. The maximum Gasteiger partial charge on any atom is 0.0772 e. The molecule has 1 saturated carbocycles. The molecule has 2 unspecified atom stereocenters. The van der Waals surface area contributed by atoms with Gasteiger partial charge in [0.25, 0.3) is 0 Å². The molecule has 19 heavy (non-hydrogen) atoms. The number of anilines is 1. The Bertz CT molecular complexity index is 391. The minimum absolute atomic E-state index is 0.221.